The molecule has 2 aliphatic carbocycles. The number of hydrogen-bond acceptors (Lipinski definition) is 3. The molecule has 0 spiro atoms. The van der Waals surface area contributed by atoms with E-state index in [1.807, 2.05) is 18.2 Å². The van der Waals surface area contributed by atoms with Gasteiger partial charge in [-0.05, 0) is 43.4 Å². The Morgan fingerprint density at radius 3 is 2.31 bits per heavy atom. The number of fused-ring (bicyclic) bond motifs is 2. The number of benzene rings is 1. The topological polar surface area (TPSA) is 55.6 Å². The van der Waals surface area contributed by atoms with Crippen molar-refractivity contribution in [1.29, 1.82) is 0 Å². The standard InChI is InChI=1S/C22H30F2N2O2.ClH/c1-28-22(16-5-2-4-15(12-16)20(25)27)17-6-3-7-18(22)14-26(13-17)19-8-10-21(23,24)11-9-19;/h2,4-5,12,17-19H,3,6-11,13-14H2,1H3,(H2,25,27);1H/t17-,18+,22-;. The maximum absolute atomic E-state index is 13.6. The summed E-state index contributed by atoms with van der Waals surface area (Å²) in [5, 5.41) is 0. The number of alkyl halides is 2. The minimum Gasteiger partial charge on any atom is -0.373 e. The summed E-state index contributed by atoms with van der Waals surface area (Å²) < 4.78 is 33.4. The lowest BCUT2D eigenvalue weighted by molar-refractivity contribution is -0.178. The van der Waals surface area contributed by atoms with Crippen molar-refractivity contribution in [2.24, 2.45) is 17.6 Å². The number of hydrogen-bond donors (Lipinski definition) is 1. The third kappa shape index (κ3) is 4.04. The van der Waals surface area contributed by atoms with Gasteiger partial charge in [0.1, 0.15) is 5.60 Å². The lowest BCUT2D eigenvalue weighted by atomic mass is 9.62. The Balaban J connectivity index is 0.00000240. The number of amides is 1. The molecule has 2 N–H and O–H groups in total. The molecule has 1 aliphatic heterocycles. The summed E-state index contributed by atoms with van der Waals surface area (Å²) in [6.45, 7) is 1.72. The van der Waals surface area contributed by atoms with Gasteiger partial charge in [0.25, 0.3) is 0 Å². The molecule has 162 valence electrons. The van der Waals surface area contributed by atoms with Gasteiger partial charge in [0.2, 0.25) is 11.8 Å². The summed E-state index contributed by atoms with van der Waals surface area (Å²) in [5.41, 5.74) is 6.60. The molecule has 3 fully saturated rings. The lowest BCUT2D eigenvalue weighted by Crippen LogP contribution is -2.61. The van der Waals surface area contributed by atoms with Gasteiger partial charge in [-0.25, -0.2) is 8.78 Å². The lowest BCUT2D eigenvalue weighted by Gasteiger charge is -2.57. The maximum Gasteiger partial charge on any atom is 0.248 e. The first-order chi connectivity index (χ1) is 13.4. The van der Waals surface area contributed by atoms with Gasteiger partial charge in [0.15, 0.2) is 0 Å². The molecular formula is C22H31ClF2N2O2. The van der Waals surface area contributed by atoms with E-state index in [2.05, 4.69) is 4.90 Å². The Labute approximate surface area is 177 Å². The monoisotopic (exact) mass is 428 g/mol. The third-order valence-electron chi connectivity index (χ3n) is 7.37. The molecule has 7 heteroatoms. The average molecular weight is 429 g/mol. The van der Waals surface area contributed by atoms with Gasteiger partial charge in [-0.1, -0.05) is 18.6 Å². The van der Waals surface area contributed by atoms with Crippen molar-refractivity contribution in [2.45, 2.75) is 62.5 Å². The first-order valence-corrected chi connectivity index (χ1v) is 10.4. The Hall–Kier alpha value is -1.24. The minimum atomic E-state index is -2.49. The number of carbonyl (C=O) groups is 1. The molecule has 3 atom stereocenters. The number of rotatable bonds is 4. The predicted octanol–water partition coefficient (Wildman–Crippen LogP) is 4.36. The number of methoxy groups -OCH3 is 1. The third-order valence-corrected chi connectivity index (χ3v) is 7.37. The average Bonchev–Trinajstić information content (AvgIpc) is 2.67. The van der Waals surface area contributed by atoms with Crippen LogP contribution >= 0.6 is 12.4 Å². The van der Waals surface area contributed by atoms with Gasteiger partial charge >= 0.3 is 0 Å². The Bertz CT molecular complexity index is 721. The molecule has 1 aromatic rings. The highest BCUT2D eigenvalue weighted by Crippen LogP contribution is 2.52. The molecule has 4 nitrogen and oxygen atoms in total. The van der Waals surface area contributed by atoms with Crippen LogP contribution in [0.4, 0.5) is 8.78 Å². The summed E-state index contributed by atoms with van der Waals surface area (Å²) in [6.07, 6.45) is 4.40. The molecule has 1 aromatic carbocycles. The summed E-state index contributed by atoms with van der Waals surface area (Å²) >= 11 is 0. The van der Waals surface area contributed by atoms with Crippen molar-refractivity contribution < 1.29 is 18.3 Å². The minimum absolute atomic E-state index is 0. The summed E-state index contributed by atoms with van der Waals surface area (Å²) in [5.74, 6) is -2.35. The van der Waals surface area contributed by atoms with E-state index in [9.17, 15) is 13.6 Å². The van der Waals surface area contributed by atoms with Crippen LogP contribution in [-0.4, -0.2) is 43.0 Å². The first kappa shape index (κ1) is 22.4. The smallest absolute Gasteiger partial charge is 0.248 e. The highest BCUT2D eigenvalue weighted by atomic mass is 35.5. The molecule has 2 bridgehead atoms. The SMILES string of the molecule is CO[C@]1(c2cccc(C(N)=O)c2)[C@@H]2CCC[C@H]1CN(C1CCC(F)(F)CC1)C2.Cl. The molecule has 1 amide bonds. The second-order valence-corrected chi connectivity index (χ2v) is 8.81. The van der Waals surface area contributed by atoms with E-state index in [0.29, 0.717) is 18.4 Å². The molecule has 0 unspecified atom stereocenters. The van der Waals surface area contributed by atoms with Crippen LogP contribution in [0.25, 0.3) is 0 Å². The van der Waals surface area contributed by atoms with Crippen LogP contribution in [0.1, 0.15) is 60.9 Å². The van der Waals surface area contributed by atoms with Crippen LogP contribution in [0.15, 0.2) is 24.3 Å². The first-order valence-electron chi connectivity index (χ1n) is 10.4. The molecule has 4 rings (SSSR count). The van der Waals surface area contributed by atoms with E-state index >= 15 is 0 Å². The number of ether oxygens (including phenoxy) is 1. The second kappa shape index (κ2) is 8.48. The number of carbonyl (C=O) groups excluding carboxylic acids is 1. The summed E-state index contributed by atoms with van der Waals surface area (Å²) in [7, 11) is 1.76. The fraction of sp³-hybridized carbons (Fsp3) is 0.682. The summed E-state index contributed by atoms with van der Waals surface area (Å²) in [6, 6.07) is 7.78. The predicted molar refractivity (Wildman–Crippen MR) is 111 cm³/mol. The van der Waals surface area contributed by atoms with Gasteiger partial charge in [-0.3, -0.25) is 9.69 Å². The molecule has 2 saturated carbocycles. The van der Waals surface area contributed by atoms with E-state index in [1.54, 1.807) is 13.2 Å². The second-order valence-electron chi connectivity index (χ2n) is 8.81. The zero-order valence-corrected chi connectivity index (χ0v) is 17.7. The van der Waals surface area contributed by atoms with Crippen LogP contribution in [0.2, 0.25) is 0 Å². The number of nitrogens with two attached hydrogens (primary N) is 1. The van der Waals surface area contributed by atoms with Gasteiger partial charge in [0.05, 0.1) is 0 Å². The van der Waals surface area contributed by atoms with E-state index in [4.69, 9.17) is 10.5 Å². The molecular weight excluding hydrogens is 398 g/mol. The highest BCUT2D eigenvalue weighted by molar-refractivity contribution is 5.92. The molecule has 3 aliphatic rings. The fourth-order valence-corrected chi connectivity index (χ4v) is 5.99. The molecule has 1 heterocycles. The van der Waals surface area contributed by atoms with E-state index < -0.39 is 17.4 Å². The molecule has 0 radical (unpaired) electrons. The van der Waals surface area contributed by atoms with Crippen molar-refractivity contribution in [3.63, 3.8) is 0 Å². The number of halogens is 3. The summed E-state index contributed by atoms with van der Waals surface area (Å²) in [4.78, 5) is 14.1. The highest BCUT2D eigenvalue weighted by Gasteiger charge is 2.54. The number of piperidine rings is 1. The van der Waals surface area contributed by atoms with Gasteiger partial charge in [-0.2, -0.15) is 0 Å². The Kier molecular flexibility index (Phi) is 6.56. The van der Waals surface area contributed by atoms with Gasteiger partial charge in [0, 0.05) is 56.5 Å². The van der Waals surface area contributed by atoms with E-state index in [1.165, 1.54) is 0 Å². The molecule has 0 aromatic heterocycles. The number of likely N-dealkylation sites (tertiary alicyclic amines) is 1. The zero-order valence-electron chi connectivity index (χ0n) is 16.9. The van der Waals surface area contributed by atoms with Crippen LogP contribution in [0, 0.1) is 11.8 Å². The van der Waals surface area contributed by atoms with Gasteiger partial charge < -0.3 is 10.5 Å². The van der Waals surface area contributed by atoms with Gasteiger partial charge in [-0.15, -0.1) is 12.4 Å². The van der Waals surface area contributed by atoms with Crippen molar-refractivity contribution in [3.05, 3.63) is 35.4 Å². The van der Waals surface area contributed by atoms with Crippen LogP contribution in [0.3, 0.4) is 0 Å². The maximum atomic E-state index is 13.6. The number of nitrogens with zero attached hydrogens (tertiary/aromatic N) is 1. The quantitative estimate of drug-likeness (QED) is 0.775. The van der Waals surface area contributed by atoms with Crippen molar-refractivity contribution >= 4 is 18.3 Å². The number of primary amides is 1. The van der Waals surface area contributed by atoms with E-state index in [-0.39, 0.29) is 43.1 Å². The van der Waals surface area contributed by atoms with Crippen LogP contribution in [-0.2, 0) is 10.3 Å². The fourth-order valence-electron chi connectivity index (χ4n) is 5.99. The Morgan fingerprint density at radius 1 is 1.14 bits per heavy atom. The normalized spacial score (nSPS) is 32.4. The zero-order chi connectivity index (χ0) is 19.9. The van der Waals surface area contributed by atoms with Crippen molar-refractivity contribution in [3.8, 4) is 0 Å². The van der Waals surface area contributed by atoms with Crippen molar-refractivity contribution in [2.75, 3.05) is 20.2 Å². The van der Waals surface area contributed by atoms with Crippen LogP contribution in [0.5, 0.6) is 0 Å². The Morgan fingerprint density at radius 2 is 1.76 bits per heavy atom. The molecule has 1 saturated heterocycles. The van der Waals surface area contributed by atoms with Crippen molar-refractivity contribution in [1.82, 2.24) is 4.90 Å². The molecule has 29 heavy (non-hydrogen) atoms. The largest absolute Gasteiger partial charge is 0.373 e. The van der Waals surface area contributed by atoms with Crippen LogP contribution < -0.4 is 5.73 Å². The van der Waals surface area contributed by atoms with E-state index in [0.717, 1.165) is 37.9 Å².